The number of amides is 1. The predicted octanol–water partition coefficient (Wildman–Crippen LogP) is 5.20. The molecule has 1 aliphatic heterocycles. The van der Waals surface area contributed by atoms with Crippen molar-refractivity contribution in [1.29, 1.82) is 0 Å². The van der Waals surface area contributed by atoms with Crippen LogP contribution < -0.4 is 0 Å². The molecule has 1 amide bonds. The third-order valence-electron chi connectivity index (χ3n) is 5.42. The van der Waals surface area contributed by atoms with E-state index in [4.69, 9.17) is 4.74 Å². The minimum absolute atomic E-state index is 0.195. The van der Waals surface area contributed by atoms with E-state index in [1.54, 1.807) is 0 Å². The molecule has 1 aliphatic rings. The van der Waals surface area contributed by atoms with E-state index < -0.39 is 6.23 Å². The average Bonchev–Trinajstić information content (AvgIpc) is 3.47. The van der Waals surface area contributed by atoms with Crippen LogP contribution in [0.5, 0.6) is 0 Å². The topological polar surface area (TPSA) is 70.6 Å². The fourth-order valence-corrected chi connectivity index (χ4v) is 3.87. The van der Waals surface area contributed by atoms with Gasteiger partial charge in [0.15, 0.2) is 0 Å². The third kappa shape index (κ3) is 3.67. The number of nitrogens with zero attached hydrogens (tertiary/aromatic N) is 3. The Labute approximate surface area is 185 Å². The van der Waals surface area contributed by atoms with E-state index >= 15 is 0 Å². The maximum Gasteiger partial charge on any atom is 0.259 e. The number of hydrogen-bond acceptors (Lipinski definition) is 4. The molecule has 1 atom stereocenters. The number of nitrogens with one attached hydrogen (secondary N) is 1. The molecule has 6 heteroatoms. The van der Waals surface area contributed by atoms with Gasteiger partial charge in [-0.25, -0.2) is 0 Å². The first-order chi connectivity index (χ1) is 15.6. The summed E-state index contributed by atoms with van der Waals surface area (Å²) in [5.41, 5.74) is 4.33. The first-order valence-electron chi connectivity index (χ1n) is 10.4. The van der Waals surface area contributed by atoms with Crippen LogP contribution in [0, 0.1) is 0 Å². The lowest BCUT2D eigenvalue weighted by Gasteiger charge is -2.19. The number of benzene rings is 3. The SMILES string of the molecule is CC(=O)N1N=C(c2cc(-c3cccc4ccccc34)n[nH]2)OC1/C(C)=C/c1ccccc1. The van der Waals surface area contributed by atoms with Gasteiger partial charge in [0.25, 0.3) is 5.90 Å². The molecular weight excluding hydrogens is 400 g/mol. The summed E-state index contributed by atoms with van der Waals surface area (Å²) >= 11 is 0. The van der Waals surface area contributed by atoms with Crippen LogP contribution in [0.3, 0.4) is 0 Å². The number of aromatic amines is 1. The number of fused-ring (bicyclic) bond motifs is 1. The number of carbonyl (C=O) groups excluding carboxylic acids is 1. The van der Waals surface area contributed by atoms with E-state index in [1.807, 2.05) is 73.7 Å². The Morgan fingerprint density at radius 2 is 1.75 bits per heavy atom. The molecule has 0 bridgehead atoms. The Kier molecular flexibility index (Phi) is 5.03. The summed E-state index contributed by atoms with van der Waals surface area (Å²) in [5, 5.41) is 15.6. The van der Waals surface area contributed by atoms with E-state index in [9.17, 15) is 4.79 Å². The van der Waals surface area contributed by atoms with E-state index in [-0.39, 0.29) is 5.91 Å². The van der Waals surface area contributed by atoms with Gasteiger partial charge in [-0.3, -0.25) is 9.89 Å². The van der Waals surface area contributed by atoms with Crippen LogP contribution in [0.25, 0.3) is 28.1 Å². The van der Waals surface area contributed by atoms with Crippen molar-refractivity contribution in [3.63, 3.8) is 0 Å². The van der Waals surface area contributed by atoms with Crippen molar-refractivity contribution in [1.82, 2.24) is 15.2 Å². The Balaban J connectivity index is 1.46. The molecular formula is C26H22N4O2. The number of hydrogen-bond donors (Lipinski definition) is 1. The molecule has 5 rings (SSSR count). The maximum absolute atomic E-state index is 12.2. The van der Waals surface area contributed by atoms with Crippen LogP contribution in [0.15, 0.2) is 89.5 Å². The lowest BCUT2D eigenvalue weighted by atomic mass is 10.0. The first kappa shape index (κ1) is 19.8. The zero-order valence-corrected chi connectivity index (χ0v) is 17.8. The fourth-order valence-electron chi connectivity index (χ4n) is 3.87. The lowest BCUT2D eigenvalue weighted by molar-refractivity contribution is -0.133. The first-order valence-corrected chi connectivity index (χ1v) is 10.4. The summed E-state index contributed by atoms with van der Waals surface area (Å²) in [5.74, 6) is 0.143. The summed E-state index contributed by atoms with van der Waals surface area (Å²) in [6.45, 7) is 3.41. The van der Waals surface area contributed by atoms with Gasteiger partial charge < -0.3 is 4.74 Å². The lowest BCUT2D eigenvalue weighted by Crippen LogP contribution is -2.32. The minimum atomic E-state index is -0.605. The van der Waals surface area contributed by atoms with Crippen LogP contribution in [-0.4, -0.2) is 33.2 Å². The number of H-pyrrole nitrogens is 1. The summed E-state index contributed by atoms with van der Waals surface area (Å²) in [4.78, 5) is 12.2. The Morgan fingerprint density at radius 1 is 1.00 bits per heavy atom. The van der Waals surface area contributed by atoms with Crippen LogP contribution >= 0.6 is 0 Å². The van der Waals surface area contributed by atoms with Gasteiger partial charge in [-0.05, 0) is 34.9 Å². The normalized spacial score (nSPS) is 16.2. The summed E-state index contributed by atoms with van der Waals surface area (Å²) < 4.78 is 6.11. The Hall–Kier alpha value is -4.19. The molecule has 0 saturated carbocycles. The highest BCUT2D eigenvalue weighted by Crippen LogP contribution is 2.29. The number of aromatic nitrogens is 2. The number of rotatable bonds is 4. The third-order valence-corrected chi connectivity index (χ3v) is 5.42. The van der Waals surface area contributed by atoms with Gasteiger partial charge in [0.2, 0.25) is 12.1 Å². The van der Waals surface area contributed by atoms with Gasteiger partial charge in [-0.15, -0.1) is 5.10 Å². The predicted molar refractivity (Wildman–Crippen MR) is 126 cm³/mol. The van der Waals surface area contributed by atoms with Crippen LogP contribution in [0.2, 0.25) is 0 Å². The second-order valence-electron chi connectivity index (χ2n) is 7.73. The molecule has 0 fully saturated rings. The maximum atomic E-state index is 12.2. The van der Waals surface area contributed by atoms with Crippen LogP contribution in [0.4, 0.5) is 0 Å². The molecule has 1 N–H and O–H groups in total. The minimum Gasteiger partial charge on any atom is -0.445 e. The van der Waals surface area contributed by atoms with Crippen LogP contribution in [0.1, 0.15) is 25.1 Å². The molecule has 0 aliphatic carbocycles. The molecule has 1 unspecified atom stereocenters. The molecule has 4 aromatic rings. The van der Waals surface area contributed by atoms with Gasteiger partial charge >= 0.3 is 0 Å². The van der Waals surface area contributed by atoms with Gasteiger partial charge in [0.05, 0.1) is 5.69 Å². The van der Waals surface area contributed by atoms with Crippen molar-refractivity contribution in [3.8, 4) is 11.3 Å². The second-order valence-corrected chi connectivity index (χ2v) is 7.73. The van der Waals surface area contributed by atoms with E-state index in [1.165, 1.54) is 11.9 Å². The van der Waals surface area contributed by atoms with E-state index in [0.717, 1.165) is 33.2 Å². The second kappa shape index (κ2) is 8.15. The van der Waals surface area contributed by atoms with Crippen LogP contribution in [-0.2, 0) is 9.53 Å². The van der Waals surface area contributed by atoms with Gasteiger partial charge in [-0.1, -0.05) is 78.9 Å². The highest BCUT2D eigenvalue weighted by Gasteiger charge is 2.33. The zero-order valence-electron chi connectivity index (χ0n) is 17.8. The Morgan fingerprint density at radius 3 is 2.56 bits per heavy atom. The number of carbonyl (C=O) groups is 1. The van der Waals surface area contributed by atoms with Crippen molar-refractivity contribution >= 4 is 28.7 Å². The largest absolute Gasteiger partial charge is 0.445 e. The van der Waals surface area contributed by atoms with E-state index in [2.05, 4.69) is 33.5 Å². The summed E-state index contributed by atoms with van der Waals surface area (Å²) in [7, 11) is 0. The van der Waals surface area contributed by atoms with Crippen molar-refractivity contribution in [2.24, 2.45) is 5.10 Å². The highest BCUT2D eigenvalue weighted by molar-refractivity contribution is 5.99. The molecule has 0 saturated heterocycles. The molecule has 32 heavy (non-hydrogen) atoms. The molecule has 1 aromatic heterocycles. The molecule has 0 radical (unpaired) electrons. The zero-order chi connectivity index (χ0) is 22.1. The highest BCUT2D eigenvalue weighted by atomic mass is 16.5. The van der Waals surface area contributed by atoms with Gasteiger partial charge in [-0.2, -0.15) is 10.1 Å². The van der Waals surface area contributed by atoms with Crippen molar-refractivity contribution in [3.05, 3.63) is 95.7 Å². The van der Waals surface area contributed by atoms with Crippen molar-refractivity contribution in [2.75, 3.05) is 0 Å². The molecule has 6 nitrogen and oxygen atoms in total. The molecule has 0 spiro atoms. The van der Waals surface area contributed by atoms with Gasteiger partial charge in [0.1, 0.15) is 5.69 Å². The molecule has 3 aromatic carbocycles. The van der Waals surface area contributed by atoms with Crippen molar-refractivity contribution in [2.45, 2.75) is 20.1 Å². The quantitative estimate of drug-likeness (QED) is 0.491. The van der Waals surface area contributed by atoms with E-state index in [0.29, 0.717) is 11.6 Å². The average molecular weight is 422 g/mol. The summed E-state index contributed by atoms with van der Waals surface area (Å²) in [6, 6.07) is 26.1. The molecule has 2 heterocycles. The smallest absolute Gasteiger partial charge is 0.259 e. The number of ether oxygens (including phenoxy) is 1. The molecule has 158 valence electrons. The van der Waals surface area contributed by atoms with Crippen molar-refractivity contribution < 1.29 is 9.53 Å². The fraction of sp³-hybridized carbons (Fsp3) is 0.115. The standard InChI is InChI=1S/C26H22N4O2/c1-17(15-19-9-4-3-5-10-19)26-30(18(2)31)29-25(32-26)24-16-23(27-28-24)22-14-8-12-20-11-6-7-13-21(20)22/h3-16,26H,1-2H3,(H,27,28)/b17-15+. The Bertz CT molecular complexity index is 1350. The monoisotopic (exact) mass is 422 g/mol. The van der Waals surface area contributed by atoms with Gasteiger partial charge in [0, 0.05) is 12.5 Å². The summed E-state index contributed by atoms with van der Waals surface area (Å²) in [6.07, 6.45) is 1.39. The number of hydrazone groups is 1.